The average molecular weight is 206 g/mol. The lowest BCUT2D eigenvalue weighted by molar-refractivity contribution is 0.0238. The molecular weight excluding hydrogens is 188 g/mol. The lowest BCUT2D eigenvalue weighted by Crippen LogP contribution is -2.44. The van der Waals surface area contributed by atoms with Gasteiger partial charge in [0.1, 0.15) is 0 Å². The van der Waals surface area contributed by atoms with Gasteiger partial charge in [-0.05, 0) is 17.8 Å². The highest BCUT2D eigenvalue weighted by atomic mass is 32.2. The van der Waals surface area contributed by atoms with Gasteiger partial charge in [0.2, 0.25) is 0 Å². The summed E-state index contributed by atoms with van der Waals surface area (Å²) in [6.45, 7) is 8.11. The van der Waals surface area contributed by atoms with Gasteiger partial charge in [-0.2, -0.15) is 8.42 Å². The van der Waals surface area contributed by atoms with Crippen molar-refractivity contribution in [3.63, 3.8) is 0 Å². The maximum Gasteiger partial charge on any atom is 0.267 e. The predicted octanol–water partition coefficient (Wildman–Crippen LogP) is 1.79. The highest BCUT2D eigenvalue weighted by molar-refractivity contribution is 7.86. The highest BCUT2D eigenvalue weighted by Gasteiger charge is 2.41. The Morgan fingerprint density at radius 1 is 1.38 bits per heavy atom. The number of hydrogen-bond donors (Lipinski definition) is 0. The Labute approximate surface area is 80.6 Å². The molecule has 1 fully saturated rings. The second kappa shape index (κ2) is 3.24. The summed E-state index contributed by atoms with van der Waals surface area (Å²) >= 11 is 0. The van der Waals surface area contributed by atoms with Gasteiger partial charge in [-0.1, -0.05) is 27.7 Å². The van der Waals surface area contributed by atoms with Crippen LogP contribution in [0.5, 0.6) is 0 Å². The quantitative estimate of drug-likeness (QED) is 0.614. The maximum atomic E-state index is 11.2. The van der Waals surface area contributed by atoms with Gasteiger partial charge in [-0.25, -0.2) is 0 Å². The normalized spacial score (nSPS) is 31.9. The molecule has 13 heavy (non-hydrogen) atoms. The van der Waals surface area contributed by atoms with E-state index in [4.69, 9.17) is 4.18 Å². The van der Waals surface area contributed by atoms with Crippen LogP contribution in [0, 0.1) is 11.3 Å². The molecule has 1 unspecified atom stereocenters. The van der Waals surface area contributed by atoms with Crippen molar-refractivity contribution in [1.82, 2.24) is 0 Å². The minimum atomic E-state index is -3.25. The first-order valence-corrected chi connectivity index (χ1v) is 6.23. The lowest BCUT2D eigenvalue weighted by atomic mass is 9.79. The Kier molecular flexibility index (Phi) is 2.74. The van der Waals surface area contributed by atoms with E-state index in [1.807, 2.05) is 13.8 Å². The van der Waals surface area contributed by atoms with Gasteiger partial charge in [0.25, 0.3) is 10.1 Å². The summed E-state index contributed by atoms with van der Waals surface area (Å²) in [6, 6.07) is 0. The molecule has 0 amide bonds. The standard InChI is InChI=1S/C9H18O3S/c1-7(2)8-9(3,4)5-6-13(10,11)12-8/h7-8H,5-6H2,1-4H3. The zero-order valence-corrected chi connectivity index (χ0v) is 9.52. The molecule has 0 N–H and O–H groups in total. The first-order chi connectivity index (χ1) is 5.75. The molecule has 4 heteroatoms. The topological polar surface area (TPSA) is 43.4 Å². The van der Waals surface area contributed by atoms with Crippen LogP contribution in [-0.2, 0) is 14.3 Å². The smallest absolute Gasteiger partial charge is 0.266 e. The summed E-state index contributed by atoms with van der Waals surface area (Å²) in [6.07, 6.45) is 0.518. The molecule has 0 aromatic carbocycles. The van der Waals surface area contributed by atoms with Crippen LogP contribution in [-0.4, -0.2) is 20.3 Å². The molecule has 0 aliphatic carbocycles. The van der Waals surface area contributed by atoms with E-state index in [0.717, 1.165) is 0 Å². The third-order valence-electron chi connectivity index (χ3n) is 2.62. The Balaban J connectivity index is 2.88. The van der Waals surface area contributed by atoms with E-state index >= 15 is 0 Å². The molecule has 1 aliphatic rings. The van der Waals surface area contributed by atoms with Crippen molar-refractivity contribution >= 4 is 10.1 Å². The number of hydrogen-bond acceptors (Lipinski definition) is 3. The van der Waals surface area contributed by atoms with Crippen LogP contribution in [0.3, 0.4) is 0 Å². The largest absolute Gasteiger partial charge is 0.267 e. The molecule has 0 spiro atoms. The van der Waals surface area contributed by atoms with Crippen LogP contribution in [0.2, 0.25) is 0 Å². The molecule has 0 bridgehead atoms. The molecule has 78 valence electrons. The average Bonchev–Trinajstić information content (AvgIpc) is 1.95. The summed E-state index contributed by atoms with van der Waals surface area (Å²) in [5.41, 5.74) is -0.0283. The Morgan fingerprint density at radius 2 is 1.92 bits per heavy atom. The van der Waals surface area contributed by atoms with Crippen molar-refractivity contribution in [1.29, 1.82) is 0 Å². The molecule has 3 nitrogen and oxygen atoms in total. The first-order valence-electron chi connectivity index (χ1n) is 4.65. The molecule has 1 aliphatic heterocycles. The fourth-order valence-electron chi connectivity index (χ4n) is 1.88. The molecule has 1 heterocycles. The van der Waals surface area contributed by atoms with Crippen molar-refractivity contribution in [2.45, 2.75) is 40.2 Å². The predicted molar refractivity (Wildman–Crippen MR) is 51.9 cm³/mol. The van der Waals surface area contributed by atoms with Crippen LogP contribution in [0.15, 0.2) is 0 Å². The minimum absolute atomic E-state index is 0.0283. The van der Waals surface area contributed by atoms with Gasteiger partial charge < -0.3 is 0 Å². The highest BCUT2D eigenvalue weighted by Crippen LogP contribution is 2.37. The van der Waals surface area contributed by atoms with Crippen LogP contribution >= 0.6 is 0 Å². The van der Waals surface area contributed by atoms with Crippen molar-refractivity contribution in [3.8, 4) is 0 Å². The third-order valence-corrected chi connectivity index (χ3v) is 3.83. The zero-order chi connectivity index (χ0) is 10.3. The Morgan fingerprint density at radius 3 is 2.31 bits per heavy atom. The van der Waals surface area contributed by atoms with Crippen molar-refractivity contribution in [2.75, 3.05) is 5.75 Å². The Bertz CT molecular complexity index is 277. The van der Waals surface area contributed by atoms with E-state index in [1.54, 1.807) is 0 Å². The Hall–Kier alpha value is -0.0900. The summed E-state index contributed by atoms with van der Waals surface area (Å²) in [5, 5.41) is 0. The van der Waals surface area contributed by atoms with E-state index < -0.39 is 10.1 Å². The number of rotatable bonds is 1. The van der Waals surface area contributed by atoms with Gasteiger partial charge >= 0.3 is 0 Å². The monoisotopic (exact) mass is 206 g/mol. The summed E-state index contributed by atoms with van der Waals surface area (Å²) in [5.74, 6) is 0.397. The second-order valence-electron chi connectivity index (χ2n) is 4.76. The summed E-state index contributed by atoms with van der Waals surface area (Å²) in [4.78, 5) is 0. The fourth-order valence-corrected chi connectivity index (χ4v) is 3.55. The molecular formula is C9H18O3S. The molecule has 0 saturated carbocycles. The van der Waals surface area contributed by atoms with Crippen LogP contribution in [0.1, 0.15) is 34.1 Å². The first kappa shape index (κ1) is 11.0. The molecule has 0 aromatic rings. The van der Waals surface area contributed by atoms with Crippen LogP contribution < -0.4 is 0 Å². The van der Waals surface area contributed by atoms with Crippen LogP contribution in [0.4, 0.5) is 0 Å². The van der Waals surface area contributed by atoms with Gasteiger partial charge in [0.05, 0.1) is 11.9 Å². The second-order valence-corrected chi connectivity index (χ2v) is 6.48. The van der Waals surface area contributed by atoms with E-state index in [0.29, 0.717) is 6.42 Å². The van der Waals surface area contributed by atoms with Gasteiger partial charge in [-0.15, -0.1) is 0 Å². The van der Waals surface area contributed by atoms with Crippen molar-refractivity contribution in [3.05, 3.63) is 0 Å². The van der Waals surface area contributed by atoms with E-state index in [1.165, 1.54) is 0 Å². The minimum Gasteiger partial charge on any atom is -0.266 e. The molecule has 0 radical (unpaired) electrons. The van der Waals surface area contributed by atoms with Gasteiger partial charge in [0.15, 0.2) is 0 Å². The maximum absolute atomic E-state index is 11.2. The van der Waals surface area contributed by atoms with Gasteiger partial charge in [0, 0.05) is 0 Å². The molecule has 1 saturated heterocycles. The van der Waals surface area contributed by atoms with E-state index in [-0.39, 0.29) is 23.2 Å². The van der Waals surface area contributed by atoms with E-state index in [2.05, 4.69) is 13.8 Å². The van der Waals surface area contributed by atoms with Crippen LogP contribution in [0.25, 0.3) is 0 Å². The SMILES string of the molecule is CC(C)C1OS(=O)(=O)CCC1(C)C. The molecule has 1 atom stereocenters. The summed E-state index contributed by atoms with van der Waals surface area (Å²) < 4.78 is 27.6. The molecule has 0 aromatic heterocycles. The van der Waals surface area contributed by atoms with E-state index in [9.17, 15) is 8.42 Å². The zero-order valence-electron chi connectivity index (χ0n) is 8.70. The van der Waals surface area contributed by atoms with Crippen molar-refractivity contribution in [2.24, 2.45) is 11.3 Å². The molecule has 1 rings (SSSR count). The van der Waals surface area contributed by atoms with Crippen molar-refractivity contribution < 1.29 is 12.6 Å². The summed E-state index contributed by atoms with van der Waals surface area (Å²) in [7, 11) is -3.25. The lowest BCUT2D eigenvalue weighted by Gasteiger charge is -2.39. The van der Waals surface area contributed by atoms with Gasteiger partial charge in [-0.3, -0.25) is 4.18 Å². The fraction of sp³-hybridized carbons (Fsp3) is 1.00. The third kappa shape index (κ3) is 2.44.